The Balaban J connectivity index is 2.17. The third kappa shape index (κ3) is 4.31. The van der Waals surface area contributed by atoms with Crippen molar-refractivity contribution in [1.29, 1.82) is 0 Å². The number of hydrogen-bond donors (Lipinski definition) is 1. The zero-order chi connectivity index (χ0) is 21.2. The zero-order valence-electron chi connectivity index (χ0n) is 16.5. The Kier molecular flexibility index (Phi) is 5.45. The second kappa shape index (κ2) is 7.83. The van der Waals surface area contributed by atoms with Gasteiger partial charge in [0, 0.05) is 17.2 Å². The molecule has 0 radical (unpaired) electrons. The fourth-order valence-electron chi connectivity index (χ4n) is 2.83. The third-order valence-corrected chi connectivity index (χ3v) is 4.45. The van der Waals surface area contributed by atoms with Crippen molar-refractivity contribution in [3.05, 3.63) is 59.9 Å². The summed E-state index contributed by atoms with van der Waals surface area (Å²) < 4.78 is 0. The largest absolute Gasteiger partial charge is 0.480 e. The van der Waals surface area contributed by atoms with Gasteiger partial charge < -0.3 is 5.11 Å². The minimum atomic E-state index is -1.21. The topological polar surface area (TPSA) is 103 Å². The van der Waals surface area contributed by atoms with Gasteiger partial charge in [0.15, 0.2) is 5.78 Å². The Bertz CT molecular complexity index is 980. The van der Waals surface area contributed by atoms with Crippen LogP contribution in [0.2, 0.25) is 0 Å². The second-order valence-corrected chi connectivity index (χ2v) is 7.67. The molecule has 1 aromatic carbocycles. The van der Waals surface area contributed by atoms with Gasteiger partial charge in [-0.3, -0.25) is 19.5 Å². The highest BCUT2D eigenvalue weighted by Gasteiger charge is 2.34. The van der Waals surface area contributed by atoms with E-state index in [0.717, 1.165) is 5.01 Å². The van der Waals surface area contributed by atoms with E-state index in [2.05, 4.69) is 10.1 Å². The maximum absolute atomic E-state index is 13.2. The Morgan fingerprint density at radius 3 is 2.34 bits per heavy atom. The quantitative estimate of drug-likeness (QED) is 0.840. The number of nitrogens with zero attached hydrogens (tertiary/aromatic N) is 4. The zero-order valence-corrected chi connectivity index (χ0v) is 16.5. The molecule has 8 nitrogen and oxygen atoms in total. The molecular weight excluding hydrogens is 372 g/mol. The number of urea groups is 1. The van der Waals surface area contributed by atoms with Crippen LogP contribution < -0.4 is 4.90 Å². The van der Waals surface area contributed by atoms with Crippen molar-refractivity contribution in [2.75, 3.05) is 18.0 Å². The number of carboxylic acids is 1. The standard InChI is InChI=1S/C21H22N4O4/c1-21(2,3)17(26)12-24-16-10-5-4-8-14(16)19(15-9-6-7-11-22-15)23-25(20(24)29)13-18(27)28/h4-11H,12-13H2,1-3H3,(H,27,28). The van der Waals surface area contributed by atoms with Gasteiger partial charge in [0.25, 0.3) is 0 Å². The SMILES string of the molecule is CC(C)(C)C(=O)CN1C(=O)N(CC(=O)O)N=C(c2ccccn2)c2ccccc21. The van der Waals surface area contributed by atoms with Gasteiger partial charge in [0.1, 0.15) is 12.3 Å². The number of ketones is 1. The van der Waals surface area contributed by atoms with Crippen LogP contribution in [0.1, 0.15) is 32.0 Å². The summed E-state index contributed by atoms with van der Waals surface area (Å²) in [6, 6.07) is 11.6. The summed E-state index contributed by atoms with van der Waals surface area (Å²) in [7, 11) is 0. The minimum Gasteiger partial charge on any atom is -0.480 e. The molecule has 1 aromatic heterocycles. The molecule has 2 amide bonds. The first-order chi connectivity index (χ1) is 13.7. The van der Waals surface area contributed by atoms with Crippen LogP contribution in [0.4, 0.5) is 10.5 Å². The van der Waals surface area contributed by atoms with Gasteiger partial charge in [-0.05, 0) is 18.2 Å². The smallest absolute Gasteiger partial charge is 0.345 e. The van der Waals surface area contributed by atoms with Gasteiger partial charge in [0.2, 0.25) is 0 Å². The van der Waals surface area contributed by atoms with Crippen molar-refractivity contribution in [1.82, 2.24) is 9.99 Å². The molecule has 2 aromatic rings. The van der Waals surface area contributed by atoms with E-state index in [1.165, 1.54) is 4.90 Å². The Morgan fingerprint density at radius 2 is 1.72 bits per heavy atom. The molecule has 1 N–H and O–H groups in total. The first-order valence-electron chi connectivity index (χ1n) is 9.12. The number of pyridine rings is 1. The molecule has 0 atom stereocenters. The van der Waals surface area contributed by atoms with Gasteiger partial charge >= 0.3 is 12.0 Å². The molecule has 0 saturated carbocycles. The number of amides is 2. The molecule has 0 spiro atoms. The van der Waals surface area contributed by atoms with E-state index in [4.69, 9.17) is 0 Å². The first-order valence-corrected chi connectivity index (χ1v) is 9.12. The molecule has 8 heteroatoms. The van der Waals surface area contributed by atoms with Crippen molar-refractivity contribution in [3.63, 3.8) is 0 Å². The van der Waals surface area contributed by atoms with Gasteiger partial charge in [-0.1, -0.05) is 45.0 Å². The lowest BCUT2D eigenvalue weighted by Gasteiger charge is -2.28. The molecule has 3 rings (SSSR count). The van der Waals surface area contributed by atoms with Crippen LogP contribution in [0, 0.1) is 5.41 Å². The number of carbonyl (C=O) groups excluding carboxylic acids is 2. The summed E-state index contributed by atoms with van der Waals surface area (Å²) in [5.74, 6) is -1.37. The van der Waals surface area contributed by atoms with Crippen molar-refractivity contribution < 1.29 is 19.5 Å². The number of Topliss-reactive ketones (excluding diaryl/α,β-unsaturated/α-hetero) is 1. The van der Waals surface area contributed by atoms with Crippen LogP contribution in [-0.2, 0) is 9.59 Å². The number of para-hydroxylation sites is 1. The highest BCUT2D eigenvalue weighted by molar-refractivity contribution is 6.18. The summed E-state index contributed by atoms with van der Waals surface area (Å²) in [5, 5.41) is 14.5. The summed E-state index contributed by atoms with van der Waals surface area (Å²) in [4.78, 5) is 42.8. The normalized spacial score (nSPS) is 14.2. The molecule has 0 fully saturated rings. The molecular formula is C21H22N4O4. The summed E-state index contributed by atoms with van der Waals surface area (Å²) >= 11 is 0. The lowest BCUT2D eigenvalue weighted by molar-refractivity contribution is -0.137. The van der Waals surface area contributed by atoms with Gasteiger partial charge in [0.05, 0.1) is 17.9 Å². The highest BCUT2D eigenvalue weighted by Crippen LogP contribution is 2.29. The number of hydrazone groups is 1. The maximum atomic E-state index is 13.2. The summed E-state index contributed by atoms with van der Waals surface area (Å²) in [6.45, 7) is 4.49. The number of hydrogen-bond acceptors (Lipinski definition) is 5. The van der Waals surface area contributed by atoms with E-state index in [1.807, 2.05) is 0 Å². The van der Waals surface area contributed by atoms with E-state index < -0.39 is 24.0 Å². The fraction of sp³-hybridized carbons (Fsp3) is 0.286. The number of fused-ring (bicyclic) bond motifs is 1. The third-order valence-electron chi connectivity index (χ3n) is 4.45. The van der Waals surface area contributed by atoms with E-state index in [1.54, 1.807) is 69.4 Å². The monoisotopic (exact) mass is 394 g/mol. The average Bonchev–Trinajstić information content (AvgIpc) is 2.78. The number of anilines is 1. The Labute approximate surface area is 168 Å². The van der Waals surface area contributed by atoms with E-state index in [-0.39, 0.29) is 12.3 Å². The number of carboxylic acid groups (broad SMARTS) is 1. The van der Waals surface area contributed by atoms with Crippen molar-refractivity contribution in [2.45, 2.75) is 20.8 Å². The number of rotatable bonds is 5. The molecule has 0 bridgehead atoms. The highest BCUT2D eigenvalue weighted by atomic mass is 16.4. The van der Waals surface area contributed by atoms with Gasteiger partial charge in [-0.2, -0.15) is 5.10 Å². The van der Waals surface area contributed by atoms with Crippen LogP contribution in [0.3, 0.4) is 0 Å². The second-order valence-electron chi connectivity index (χ2n) is 7.67. The van der Waals surface area contributed by atoms with E-state index in [0.29, 0.717) is 22.7 Å². The summed E-state index contributed by atoms with van der Waals surface area (Å²) in [5.41, 5.74) is 1.26. The molecule has 29 heavy (non-hydrogen) atoms. The molecule has 1 aliphatic rings. The molecule has 0 saturated heterocycles. The van der Waals surface area contributed by atoms with E-state index in [9.17, 15) is 19.5 Å². The van der Waals surface area contributed by atoms with Crippen LogP contribution >= 0.6 is 0 Å². The molecule has 150 valence electrons. The Morgan fingerprint density at radius 1 is 1.03 bits per heavy atom. The van der Waals surface area contributed by atoms with Crippen molar-refractivity contribution >= 4 is 29.2 Å². The van der Waals surface area contributed by atoms with Crippen molar-refractivity contribution in [2.24, 2.45) is 10.5 Å². The first kappa shape index (κ1) is 20.2. The van der Waals surface area contributed by atoms with Gasteiger partial charge in [-0.15, -0.1) is 0 Å². The molecule has 2 heterocycles. The fourth-order valence-corrected chi connectivity index (χ4v) is 2.83. The van der Waals surface area contributed by atoms with Crippen LogP contribution in [0.5, 0.6) is 0 Å². The Hall–Kier alpha value is -3.55. The predicted octanol–water partition coefficient (Wildman–Crippen LogP) is 2.78. The van der Waals surface area contributed by atoms with Crippen LogP contribution in [0.15, 0.2) is 53.8 Å². The van der Waals surface area contributed by atoms with Crippen LogP contribution in [-0.4, -0.2) is 51.7 Å². The maximum Gasteiger partial charge on any atom is 0.345 e. The van der Waals surface area contributed by atoms with Gasteiger partial charge in [-0.25, -0.2) is 9.80 Å². The number of aliphatic carboxylic acids is 1. The lowest BCUT2D eigenvalue weighted by atomic mass is 9.90. The minimum absolute atomic E-state index is 0.155. The predicted molar refractivity (Wildman–Crippen MR) is 108 cm³/mol. The molecule has 1 aliphatic heterocycles. The van der Waals surface area contributed by atoms with E-state index >= 15 is 0 Å². The lowest BCUT2D eigenvalue weighted by Crippen LogP contribution is -2.46. The van der Waals surface area contributed by atoms with Crippen LogP contribution in [0.25, 0.3) is 0 Å². The number of benzene rings is 1. The number of carbonyl (C=O) groups is 3. The van der Waals surface area contributed by atoms with Crippen molar-refractivity contribution in [3.8, 4) is 0 Å². The molecule has 0 unspecified atom stereocenters. The average molecular weight is 394 g/mol. The number of aromatic nitrogens is 1. The summed E-state index contributed by atoms with van der Waals surface area (Å²) in [6.07, 6.45) is 1.59. The molecule has 0 aliphatic carbocycles.